The van der Waals surface area contributed by atoms with Gasteiger partial charge in [-0.05, 0) is 30.5 Å². The van der Waals surface area contributed by atoms with Gasteiger partial charge in [0.25, 0.3) is 5.78 Å². The summed E-state index contributed by atoms with van der Waals surface area (Å²) in [4.78, 5) is 75.6. The van der Waals surface area contributed by atoms with Gasteiger partial charge in [-0.3, -0.25) is 28.8 Å². The normalized spacial score (nSPS) is 13.6. The van der Waals surface area contributed by atoms with Gasteiger partial charge in [0.2, 0.25) is 23.6 Å². The van der Waals surface area contributed by atoms with Crippen molar-refractivity contribution in [3.63, 3.8) is 0 Å². The summed E-state index contributed by atoms with van der Waals surface area (Å²) in [5.41, 5.74) is 9.15. The summed E-state index contributed by atoms with van der Waals surface area (Å²) in [6.45, 7) is 5.83. The molecule has 0 saturated carbocycles. The number of phenols is 1. The van der Waals surface area contributed by atoms with Crippen LogP contribution in [0.25, 0.3) is 5.53 Å². The Hall–Kier alpha value is -4.58. The SMILES string of the molecule is CC(=O)N[C@@H](Cc1ccc(O)cc1)C(=O)N[C@H](C(=O)N[C@@H](C)C(=O)N[C@@H](CC(=O)O)C(=O)C=[N+]=[N-])C(C)C. The van der Waals surface area contributed by atoms with Gasteiger partial charge in [0.05, 0.1) is 6.42 Å². The first kappa shape index (κ1) is 31.4. The van der Waals surface area contributed by atoms with Gasteiger partial charge in [-0.1, -0.05) is 26.0 Å². The van der Waals surface area contributed by atoms with Gasteiger partial charge < -0.3 is 37.0 Å². The van der Waals surface area contributed by atoms with Crippen LogP contribution in [-0.4, -0.2) is 80.8 Å². The number of aromatic hydroxyl groups is 1. The second-order valence-electron chi connectivity index (χ2n) is 8.89. The Bertz CT molecular complexity index is 1100. The monoisotopic (exact) mass is 532 g/mol. The molecule has 0 saturated heterocycles. The smallest absolute Gasteiger partial charge is 0.325 e. The van der Waals surface area contributed by atoms with Crippen LogP contribution in [0, 0.1) is 5.92 Å². The number of Topliss-reactive ketones (excluding diaryl/α,β-unsaturated/α-hetero) is 1. The number of carbonyl (C=O) groups excluding carboxylic acids is 5. The molecule has 206 valence electrons. The molecular formula is C24H32N6O8. The molecule has 6 N–H and O–H groups in total. The molecule has 1 aromatic rings. The van der Waals surface area contributed by atoms with Crippen LogP contribution in [-0.2, 0) is 35.2 Å². The van der Waals surface area contributed by atoms with E-state index in [0.717, 1.165) is 0 Å². The van der Waals surface area contributed by atoms with Gasteiger partial charge in [-0.15, -0.1) is 0 Å². The lowest BCUT2D eigenvalue weighted by molar-refractivity contribution is -0.140. The fourth-order valence-electron chi connectivity index (χ4n) is 3.32. The minimum Gasteiger partial charge on any atom is -0.508 e. The molecule has 14 heteroatoms. The minimum atomic E-state index is -1.53. The highest BCUT2D eigenvalue weighted by Gasteiger charge is 2.32. The highest BCUT2D eigenvalue weighted by molar-refractivity contribution is 6.28. The first-order valence-corrected chi connectivity index (χ1v) is 11.6. The summed E-state index contributed by atoms with van der Waals surface area (Å²) in [7, 11) is 0. The van der Waals surface area contributed by atoms with Crippen molar-refractivity contribution < 1.29 is 43.8 Å². The average molecular weight is 533 g/mol. The fourth-order valence-corrected chi connectivity index (χ4v) is 3.32. The van der Waals surface area contributed by atoms with E-state index in [1.807, 2.05) is 0 Å². The molecule has 0 aliphatic carbocycles. The van der Waals surface area contributed by atoms with Crippen LogP contribution in [0.2, 0.25) is 0 Å². The van der Waals surface area contributed by atoms with Gasteiger partial charge in [0.15, 0.2) is 0 Å². The number of amides is 4. The molecule has 0 spiro atoms. The Balaban J connectivity index is 2.95. The third-order valence-electron chi connectivity index (χ3n) is 5.29. The van der Waals surface area contributed by atoms with Crippen molar-refractivity contribution in [2.45, 2.75) is 64.7 Å². The van der Waals surface area contributed by atoms with E-state index in [1.54, 1.807) is 26.0 Å². The number of hydrogen-bond acceptors (Lipinski definition) is 7. The zero-order valence-electron chi connectivity index (χ0n) is 21.4. The van der Waals surface area contributed by atoms with Crippen LogP contribution in [0.5, 0.6) is 5.75 Å². The molecular weight excluding hydrogens is 500 g/mol. The van der Waals surface area contributed by atoms with Crippen molar-refractivity contribution in [2.24, 2.45) is 5.92 Å². The van der Waals surface area contributed by atoms with Crippen LogP contribution in [0.3, 0.4) is 0 Å². The molecule has 14 nitrogen and oxygen atoms in total. The average Bonchev–Trinajstić information content (AvgIpc) is 2.82. The lowest BCUT2D eigenvalue weighted by Gasteiger charge is -2.26. The first-order valence-electron chi connectivity index (χ1n) is 11.6. The summed E-state index contributed by atoms with van der Waals surface area (Å²) < 4.78 is 0. The van der Waals surface area contributed by atoms with Crippen molar-refractivity contribution in [2.75, 3.05) is 0 Å². The first-order chi connectivity index (χ1) is 17.7. The highest BCUT2D eigenvalue weighted by Crippen LogP contribution is 2.12. The molecule has 0 bridgehead atoms. The molecule has 1 rings (SSSR count). The van der Waals surface area contributed by atoms with Crippen LogP contribution in [0.15, 0.2) is 24.3 Å². The van der Waals surface area contributed by atoms with Gasteiger partial charge in [-0.25, -0.2) is 0 Å². The van der Waals surface area contributed by atoms with E-state index in [0.29, 0.717) is 11.8 Å². The van der Waals surface area contributed by atoms with Crippen molar-refractivity contribution >= 4 is 41.6 Å². The predicted molar refractivity (Wildman–Crippen MR) is 133 cm³/mol. The number of ketones is 1. The number of aliphatic carboxylic acids is 1. The maximum Gasteiger partial charge on any atom is 0.325 e. The molecule has 0 radical (unpaired) electrons. The quantitative estimate of drug-likeness (QED) is 0.0978. The maximum absolute atomic E-state index is 13.0. The number of hydrogen-bond donors (Lipinski definition) is 6. The number of nitrogens with one attached hydrogen (secondary N) is 4. The van der Waals surface area contributed by atoms with Gasteiger partial charge >= 0.3 is 12.2 Å². The number of phenolic OH excluding ortho intramolecular Hbond substituents is 1. The van der Waals surface area contributed by atoms with E-state index >= 15 is 0 Å². The molecule has 0 aromatic heterocycles. The number of carboxylic acid groups (broad SMARTS) is 1. The van der Waals surface area contributed by atoms with E-state index in [1.165, 1.54) is 26.0 Å². The van der Waals surface area contributed by atoms with Gasteiger partial charge in [-0.2, -0.15) is 4.79 Å². The summed E-state index contributed by atoms with van der Waals surface area (Å²) in [6, 6.07) is 1.10. The van der Waals surface area contributed by atoms with Crippen LogP contribution in [0.4, 0.5) is 0 Å². The molecule has 0 fully saturated rings. The van der Waals surface area contributed by atoms with Crippen molar-refractivity contribution in [1.29, 1.82) is 0 Å². The Kier molecular flexibility index (Phi) is 12.3. The van der Waals surface area contributed by atoms with E-state index < -0.39 is 71.9 Å². The molecule has 4 amide bonds. The van der Waals surface area contributed by atoms with E-state index in [-0.39, 0.29) is 12.2 Å². The van der Waals surface area contributed by atoms with Gasteiger partial charge in [0, 0.05) is 13.3 Å². The molecule has 38 heavy (non-hydrogen) atoms. The molecule has 1 aromatic carbocycles. The second kappa shape index (κ2) is 14.9. The molecule has 4 atom stereocenters. The zero-order chi connectivity index (χ0) is 29.0. The summed E-state index contributed by atoms with van der Waals surface area (Å²) in [5, 5.41) is 28.1. The molecule has 0 heterocycles. The van der Waals surface area contributed by atoms with Crippen molar-refractivity contribution in [3.05, 3.63) is 35.4 Å². The number of benzene rings is 1. The molecule has 0 aliphatic rings. The number of carboxylic acids is 1. The van der Waals surface area contributed by atoms with Crippen LogP contribution >= 0.6 is 0 Å². The molecule has 0 aliphatic heterocycles. The van der Waals surface area contributed by atoms with Crippen molar-refractivity contribution in [1.82, 2.24) is 21.3 Å². The summed E-state index contributed by atoms with van der Waals surface area (Å²) >= 11 is 0. The van der Waals surface area contributed by atoms with Gasteiger partial charge in [0.1, 0.15) is 29.9 Å². The topological polar surface area (TPSA) is 227 Å². The van der Waals surface area contributed by atoms with E-state index in [4.69, 9.17) is 10.6 Å². The second-order valence-corrected chi connectivity index (χ2v) is 8.89. The number of carbonyl (C=O) groups is 6. The lowest BCUT2D eigenvalue weighted by atomic mass is 10.0. The zero-order valence-corrected chi connectivity index (χ0v) is 21.4. The Morgan fingerprint density at radius 3 is 2.00 bits per heavy atom. The van der Waals surface area contributed by atoms with Crippen LogP contribution < -0.4 is 21.3 Å². The van der Waals surface area contributed by atoms with Crippen LogP contribution in [0.1, 0.15) is 39.7 Å². The maximum atomic E-state index is 13.0. The lowest BCUT2D eigenvalue weighted by Crippen LogP contribution is -2.58. The summed E-state index contributed by atoms with van der Waals surface area (Å²) in [5.74, 6) is -5.53. The highest BCUT2D eigenvalue weighted by atomic mass is 16.4. The minimum absolute atomic E-state index is 0.0316. The number of nitrogens with zero attached hydrogens (tertiary/aromatic N) is 2. The third-order valence-corrected chi connectivity index (χ3v) is 5.29. The molecule has 0 unspecified atom stereocenters. The predicted octanol–water partition coefficient (Wildman–Crippen LogP) is -1.09. The van der Waals surface area contributed by atoms with E-state index in [9.17, 15) is 33.9 Å². The fraction of sp³-hybridized carbons (Fsp3) is 0.458. The van der Waals surface area contributed by atoms with Crippen molar-refractivity contribution in [3.8, 4) is 5.75 Å². The summed E-state index contributed by atoms with van der Waals surface area (Å²) in [6.07, 6.45) is -0.258. The number of rotatable bonds is 14. The largest absolute Gasteiger partial charge is 0.508 e. The standard InChI is InChI=1S/C24H32N6O8/c1-12(2)21(30-23(37)18(28-14(4)31)9-15-5-7-16(32)8-6-15)24(38)27-13(3)22(36)29-17(10-20(34)35)19(33)11-26-25/h5-8,11-13,17-18,21,32H,9-10H2,1-4H3,(H,27,38)(H,28,31)(H,29,36)(H,30,37)(H,34,35)/t13-,17-,18-,21-/m0/s1. The Labute approximate surface area is 218 Å². The Morgan fingerprint density at radius 2 is 1.50 bits per heavy atom. The van der Waals surface area contributed by atoms with E-state index in [2.05, 4.69) is 26.1 Å². The Morgan fingerprint density at radius 1 is 0.895 bits per heavy atom. The third kappa shape index (κ3) is 10.6.